The van der Waals surface area contributed by atoms with E-state index < -0.39 is 11.9 Å². The van der Waals surface area contributed by atoms with Gasteiger partial charge in [0.1, 0.15) is 25.1 Å². The van der Waals surface area contributed by atoms with Gasteiger partial charge in [-0.25, -0.2) is 4.39 Å². The number of benzene rings is 2. The van der Waals surface area contributed by atoms with Crippen molar-refractivity contribution in [2.24, 2.45) is 0 Å². The van der Waals surface area contributed by atoms with Gasteiger partial charge in [0, 0.05) is 39.3 Å². The Hall–Kier alpha value is -2.15. The Bertz CT molecular complexity index is 678. The molecule has 1 aliphatic heterocycles. The summed E-state index contributed by atoms with van der Waals surface area (Å²) in [6.45, 7) is 5.85. The molecule has 2 aromatic rings. The minimum atomic E-state index is -0.641. The normalized spacial score (nSPS) is 16.8. The molecule has 1 atom stereocenters. The molecule has 0 spiro atoms. The number of halogens is 1. The highest BCUT2D eigenvalue weighted by molar-refractivity contribution is 5.23. The number of hydrogen-bond acceptors (Lipinski definition) is 5. The summed E-state index contributed by atoms with van der Waals surface area (Å²) in [7, 11) is 0. The molecule has 3 rings (SSSR count). The molecule has 0 bridgehead atoms. The summed E-state index contributed by atoms with van der Waals surface area (Å²) >= 11 is 0. The van der Waals surface area contributed by atoms with Gasteiger partial charge in [-0.15, -0.1) is 0 Å². The summed E-state index contributed by atoms with van der Waals surface area (Å²) < 4.78 is 24.6. The van der Waals surface area contributed by atoms with Gasteiger partial charge in [0.05, 0.1) is 0 Å². The monoisotopic (exact) mass is 374 g/mol. The number of ether oxygens (including phenoxy) is 2. The van der Waals surface area contributed by atoms with Gasteiger partial charge in [-0.2, -0.15) is 0 Å². The summed E-state index contributed by atoms with van der Waals surface area (Å²) in [5.41, 5.74) is 0. The first kappa shape index (κ1) is 19.6. The molecule has 0 amide bonds. The van der Waals surface area contributed by atoms with E-state index in [0.29, 0.717) is 13.2 Å². The van der Waals surface area contributed by atoms with Crippen LogP contribution in [0.1, 0.15) is 0 Å². The summed E-state index contributed by atoms with van der Waals surface area (Å²) in [6, 6.07) is 16.1. The van der Waals surface area contributed by atoms with Crippen molar-refractivity contribution in [3.05, 3.63) is 60.4 Å². The van der Waals surface area contributed by atoms with E-state index in [0.717, 1.165) is 38.5 Å². The smallest absolute Gasteiger partial charge is 0.165 e. The van der Waals surface area contributed by atoms with Crippen LogP contribution in [-0.2, 0) is 0 Å². The molecule has 1 fully saturated rings. The molecule has 1 aliphatic rings. The number of hydrogen-bond donors (Lipinski definition) is 1. The van der Waals surface area contributed by atoms with Crippen molar-refractivity contribution in [3.63, 3.8) is 0 Å². The molecule has 1 saturated heterocycles. The molecular weight excluding hydrogens is 347 g/mol. The van der Waals surface area contributed by atoms with E-state index in [9.17, 15) is 9.50 Å². The molecule has 2 aromatic carbocycles. The fraction of sp³-hybridized carbons (Fsp3) is 0.429. The second-order valence-electron chi connectivity index (χ2n) is 6.70. The van der Waals surface area contributed by atoms with Crippen LogP contribution in [0.25, 0.3) is 0 Å². The SMILES string of the molecule is OC(COc1ccccc1F)CN1CCN(CCOc2ccccc2)CC1. The Morgan fingerprint density at radius 2 is 1.56 bits per heavy atom. The lowest BCUT2D eigenvalue weighted by atomic mass is 10.2. The summed E-state index contributed by atoms with van der Waals surface area (Å²) in [6.07, 6.45) is -0.641. The second-order valence-corrected chi connectivity index (χ2v) is 6.70. The van der Waals surface area contributed by atoms with E-state index in [-0.39, 0.29) is 12.4 Å². The highest BCUT2D eigenvalue weighted by Gasteiger charge is 2.19. The molecule has 1 unspecified atom stereocenters. The number of aliphatic hydroxyl groups excluding tert-OH is 1. The number of rotatable bonds is 9. The lowest BCUT2D eigenvalue weighted by molar-refractivity contribution is 0.0428. The molecule has 5 nitrogen and oxygen atoms in total. The topological polar surface area (TPSA) is 45.2 Å². The van der Waals surface area contributed by atoms with E-state index in [2.05, 4.69) is 9.80 Å². The molecule has 0 saturated carbocycles. The van der Waals surface area contributed by atoms with Crippen LogP contribution in [0.15, 0.2) is 54.6 Å². The molecule has 0 aliphatic carbocycles. The highest BCUT2D eigenvalue weighted by atomic mass is 19.1. The van der Waals surface area contributed by atoms with Crippen molar-refractivity contribution >= 4 is 0 Å². The number of nitrogens with zero attached hydrogens (tertiary/aromatic N) is 2. The van der Waals surface area contributed by atoms with Gasteiger partial charge >= 0.3 is 0 Å². The van der Waals surface area contributed by atoms with Gasteiger partial charge < -0.3 is 14.6 Å². The largest absolute Gasteiger partial charge is 0.492 e. The maximum atomic E-state index is 13.5. The van der Waals surface area contributed by atoms with Crippen LogP contribution in [0.5, 0.6) is 11.5 Å². The molecule has 27 heavy (non-hydrogen) atoms. The fourth-order valence-electron chi connectivity index (χ4n) is 3.10. The van der Waals surface area contributed by atoms with Gasteiger partial charge in [0.25, 0.3) is 0 Å². The Labute approximate surface area is 159 Å². The number of β-amino-alcohol motifs (C(OH)–C–C–N with tert-alkyl or cyclic N) is 1. The standard InChI is InChI=1S/C21H27FN2O3/c22-20-8-4-5-9-21(20)27-17-18(25)16-24-12-10-23(11-13-24)14-15-26-19-6-2-1-3-7-19/h1-9,18,25H,10-17H2. The van der Waals surface area contributed by atoms with Crippen LogP contribution in [-0.4, -0.2) is 73.5 Å². The maximum absolute atomic E-state index is 13.5. The quantitative estimate of drug-likeness (QED) is 0.730. The van der Waals surface area contributed by atoms with Gasteiger partial charge in [-0.1, -0.05) is 30.3 Å². The van der Waals surface area contributed by atoms with Crippen LogP contribution >= 0.6 is 0 Å². The average molecular weight is 374 g/mol. The van der Waals surface area contributed by atoms with Crippen LogP contribution in [0.2, 0.25) is 0 Å². The van der Waals surface area contributed by atoms with Crippen LogP contribution in [0, 0.1) is 5.82 Å². The molecule has 0 aromatic heterocycles. The predicted molar refractivity (Wildman–Crippen MR) is 103 cm³/mol. The third-order valence-electron chi connectivity index (χ3n) is 4.62. The van der Waals surface area contributed by atoms with E-state index >= 15 is 0 Å². The van der Waals surface area contributed by atoms with Gasteiger partial charge in [-0.05, 0) is 24.3 Å². The third kappa shape index (κ3) is 6.50. The van der Waals surface area contributed by atoms with Crippen molar-refractivity contribution in [2.75, 3.05) is 52.5 Å². The number of para-hydroxylation sites is 2. The molecule has 1 N–H and O–H groups in total. The molecule has 6 heteroatoms. The lowest BCUT2D eigenvalue weighted by Crippen LogP contribution is -2.50. The van der Waals surface area contributed by atoms with Crippen LogP contribution < -0.4 is 9.47 Å². The fourth-order valence-corrected chi connectivity index (χ4v) is 3.10. The zero-order valence-corrected chi connectivity index (χ0v) is 15.5. The van der Waals surface area contributed by atoms with Crippen molar-refractivity contribution in [1.29, 1.82) is 0 Å². The van der Waals surface area contributed by atoms with Crippen LogP contribution in [0.3, 0.4) is 0 Å². The van der Waals surface area contributed by atoms with E-state index in [1.165, 1.54) is 6.07 Å². The molecular formula is C21H27FN2O3. The van der Waals surface area contributed by atoms with Crippen molar-refractivity contribution < 1.29 is 19.0 Å². The number of aliphatic hydroxyl groups is 1. The summed E-state index contributed by atoms with van der Waals surface area (Å²) in [4.78, 5) is 4.57. The number of piperazine rings is 1. The summed E-state index contributed by atoms with van der Waals surface area (Å²) in [5, 5.41) is 10.2. The Morgan fingerprint density at radius 3 is 2.30 bits per heavy atom. The van der Waals surface area contributed by atoms with E-state index in [1.54, 1.807) is 18.2 Å². The van der Waals surface area contributed by atoms with Crippen molar-refractivity contribution in [3.8, 4) is 11.5 Å². The molecule has 1 heterocycles. The minimum absolute atomic E-state index is 0.0893. The minimum Gasteiger partial charge on any atom is -0.492 e. The van der Waals surface area contributed by atoms with Gasteiger partial charge in [0.15, 0.2) is 11.6 Å². The average Bonchev–Trinajstić information content (AvgIpc) is 2.69. The third-order valence-corrected chi connectivity index (χ3v) is 4.62. The van der Waals surface area contributed by atoms with Crippen LogP contribution in [0.4, 0.5) is 4.39 Å². The van der Waals surface area contributed by atoms with Gasteiger partial charge in [-0.3, -0.25) is 9.80 Å². The zero-order valence-electron chi connectivity index (χ0n) is 15.5. The Morgan fingerprint density at radius 1 is 0.889 bits per heavy atom. The first-order valence-electron chi connectivity index (χ1n) is 9.38. The Balaban J connectivity index is 1.30. The second kappa shape index (κ2) is 10.3. The van der Waals surface area contributed by atoms with Gasteiger partial charge in [0.2, 0.25) is 0 Å². The molecule has 146 valence electrons. The van der Waals surface area contributed by atoms with E-state index in [1.807, 2.05) is 30.3 Å². The first-order chi connectivity index (χ1) is 13.2. The highest BCUT2D eigenvalue weighted by Crippen LogP contribution is 2.15. The predicted octanol–water partition coefficient (Wildman–Crippen LogP) is 2.26. The first-order valence-corrected chi connectivity index (χ1v) is 9.38. The van der Waals surface area contributed by atoms with Crippen molar-refractivity contribution in [1.82, 2.24) is 9.80 Å². The zero-order chi connectivity index (χ0) is 18.9. The molecule has 0 radical (unpaired) electrons. The summed E-state index contributed by atoms with van der Waals surface area (Å²) in [5.74, 6) is 0.671. The van der Waals surface area contributed by atoms with Crippen molar-refractivity contribution in [2.45, 2.75) is 6.10 Å². The Kier molecular flexibility index (Phi) is 7.45. The maximum Gasteiger partial charge on any atom is 0.165 e. The van der Waals surface area contributed by atoms with E-state index in [4.69, 9.17) is 9.47 Å². The lowest BCUT2D eigenvalue weighted by Gasteiger charge is -2.35.